The van der Waals surface area contributed by atoms with Gasteiger partial charge in [0, 0.05) is 12.5 Å². The number of fused-ring (bicyclic) bond motifs is 1. The standard InChI is InChI=1S/C24H30N4O3/c1-15-13-19(31-2)12-7-16(15)14-22(23-26-20-5-3-4-6-21(20)27-23)28-24(30)25-17-8-10-18(29)11-9-17/h3-7,12-13,17-18,22,29H,8-11,14H2,1-2H3,(H,26,27)(H2,25,28,30). The van der Waals surface area contributed by atoms with Gasteiger partial charge in [0.15, 0.2) is 0 Å². The van der Waals surface area contributed by atoms with E-state index in [0.717, 1.165) is 59.4 Å². The fourth-order valence-corrected chi connectivity index (χ4v) is 4.20. The van der Waals surface area contributed by atoms with E-state index in [9.17, 15) is 9.90 Å². The number of ether oxygens (including phenoxy) is 1. The molecule has 2 aromatic carbocycles. The van der Waals surface area contributed by atoms with E-state index in [0.29, 0.717) is 6.42 Å². The van der Waals surface area contributed by atoms with E-state index >= 15 is 0 Å². The molecule has 1 unspecified atom stereocenters. The molecular weight excluding hydrogens is 392 g/mol. The molecule has 1 aliphatic rings. The maximum absolute atomic E-state index is 12.8. The van der Waals surface area contributed by atoms with Gasteiger partial charge in [0.2, 0.25) is 0 Å². The first-order chi connectivity index (χ1) is 15.0. The van der Waals surface area contributed by atoms with Gasteiger partial charge in [0.25, 0.3) is 0 Å². The van der Waals surface area contributed by atoms with Crippen LogP contribution in [0.15, 0.2) is 42.5 Å². The minimum absolute atomic E-state index is 0.0856. The lowest BCUT2D eigenvalue weighted by Crippen LogP contribution is -2.45. The van der Waals surface area contributed by atoms with Gasteiger partial charge in [-0.25, -0.2) is 9.78 Å². The summed E-state index contributed by atoms with van der Waals surface area (Å²) in [5, 5.41) is 15.9. The lowest BCUT2D eigenvalue weighted by atomic mass is 9.93. The largest absolute Gasteiger partial charge is 0.497 e. The third-order valence-electron chi connectivity index (χ3n) is 6.05. The number of aromatic nitrogens is 2. The minimum Gasteiger partial charge on any atom is -0.497 e. The fourth-order valence-electron chi connectivity index (χ4n) is 4.20. The van der Waals surface area contributed by atoms with E-state index in [1.165, 1.54) is 0 Å². The zero-order valence-electron chi connectivity index (χ0n) is 18.0. The lowest BCUT2D eigenvalue weighted by molar-refractivity contribution is 0.117. The van der Waals surface area contributed by atoms with Gasteiger partial charge in [-0.3, -0.25) is 0 Å². The predicted octanol–water partition coefficient (Wildman–Crippen LogP) is 3.77. The summed E-state index contributed by atoms with van der Waals surface area (Å²) in [7, 11) is 1.65. The highest BCUT2D eigenvalue weighted by Gasteiger charge is 2.24. The summed E-state index contributed by atoms with van der Waals surface area (Å²) in [6, 6.07) is 13.4. The van der Waals surface area contributed by atoms with E-state index in [1.54, 1.807) is 7.11 Å². The number of carbonyl (C=O) groups excluding carboxylic acids is 1. The van der Waals surface area contributed by atoms with Crippen LogP contribution in [0.1, 0.15) is 48.7 Å². The number of aromatic amines is 1. The van der Waals surface area contributed by atoms with Crippen LogP contribution in [0.2, 0.25) is 0 Å². The smallest absolute Gasteiger partial charge is 0.315 e. The van der Waals surface area contributed by atoms with Crippen molar-refractivity contribution in [2.24, 2.45) is 0 Å². The number of para-hydroxylation sites is 2. The van der Waals surface area contributed by atoms with Crippen LogP contribution in [-0.4, -0.2) is 40.4 Å². The second-order valence-corrected chi connectivity index (χ2v) is 8.31. The van der Waals surface area contributed by atoms with Crippen LogP contribution >= 0.6 is 0 Å². The number of nitrogens with zero attached hydrogens (tertiary/aromatic N) is 1. The first-order valence-corrected chi connectivity index (χ1v) is 10.8. The van der Waals surface area contributed by atoms with Crippen molar-refractivity contribution in [3.8, 4) is 5.75 Å². The number of imidazole rings is 1. The molecule has 7 heteroatoms. The molecule has 4 rings (SSSR count). The van der Waals surface area contributed by atoms with Crippen molar-refractivity contribution in [3.63, 3.8) is 0 Å². The molecule has 1 saturated carbocycles. The summed E-state index contributed by atoms with van der Waals surface area (Å²) in [6.07, 6.45) is 3.39. The normalized spacial score (nSPS) is 19.7. The van der Waals surface area contributed by atoms with E-state index in [-0.39, 0.29) is 24.2 Å². The highest BCUT2D eigenvalue weighted by atomic mass is 16.5. The number of urea groups is 1. The maximum Gasteiger partial charge on any atom is 0.315 e. The lowest BCUT2D eigenvalue weighted by Gasteiger charge is -2.27. The van der Waals surface area contributed by atoms with Crippen LogP contribution < -0.4 is 15.4 Å². The third-order valence-corrected chi connectivity index (χ3v) is 6.05. The van der Waals surface area contributed by atoms with Crippen molar-refractivity contribution in [1.29, 1.82) is 0 Å². The fraction of sp³-hybridized carbons (Fsp3) is 0.417. The van der Waals surface area contributed by atoms with E-state index in [2.05, 4.69) is 15.6 Å². The second-order valence-electron chi connectivity index (χ2n) is 8.31. The Bertz CT molecular complexity index is 1010. The molecule has 0 bridgehead atoms. The molecule has 7 nitrogen and oxygen atoms in total. The molecule has 4 N–H and O–H groups in total. The average molecular weight is 423 g/mol. The van der Waals surface area contributed by atoms with Gasteiger partial charge in [-0.2, -0.15) is 0 Å². The Hall–Kier alpha value is -3.06. The number of hydrogen-bond acceptors (Lipinski definition) is 4. The number of hydrogen-bond donors (Lipinski definition) is 4. The van der Waals surface area contributed by atoms with Crippen LogP contribution in [-0.2, 0) is 6.42 Å². The Labute approximate surface area is 182 Å². The number of amides is 2. The Morgan fingerprint density at radius 3 is 2.71 bits per heavy atom. The molecule has 2 amide bonds. The summed E-state index contributed by atoms with van der Waals surface area (Å²) < 4.78 is 5.32. The zero-order chi connectivity index (χ0) is 21.8. The quantitative estimate of drug-likeness (QED) is 0.486. The SMILES string of the molecule is COc1ccc(CC(NC(=O)NC2CCC(O)CC2)c2nc3ccccc3[nH]2)c(C)c1. The van der Waals surface area contributed by atoms with Crippen molar-refractivity contribution in [1.82, 2.24) is 20.6 Å². The number of carbonyl (C=O) groups is 1. The van der Waals surface area contributed by atoms with Crippen molar-refractivity contribution in [2.45, 2.75) is 57.2 Å². The maximum atomic E-state index is 12.8. The molecule has 1 aliphatic carbocycles. The van der Waals surface area contributed by atoms with Gasteiger partial charge >= 0.3 is 6.03 Å². The Balaban J connectivity index is 1.54. The summed E-state index contributed by atoms with van der Waals surface area (Å²) in [5.74, 6) is 1.54. The number of aryl methyl sites for hydroxylation is 1. The van der Waals surface area contributed by atoms with Gasteiger partial charge in [-0.15, -0.1) is 0 Å². The summed E-state index contributed by atoms with van der Waals surface area (Å²) >= 11 is 0. The van der Waals surface area contributed by atoms with Gasteiger partial charge in [-0.1, -0.05) is 18.2 Å². The van der Waals surface area contributed by atoms with Crippen LogP contribution in [0.25, 0.3) is 11.0 Å². The molecular formula is C24H30N4O3. The first kappa shape index (κ1) is 21.2. The van der Waals surface area contributed by atoms with Crippen LogP contribution in [0, 0.1) is 6.92 Å². The Morgan fingerprint density at radius 1 is 1.23 bits per heavy atom. The predicted molar refractivity (Wildman–Crippen MR) is 120 cm³/mol. The van der Waals surface area contributed by atoms with Gasteiger partial charge in [0.1, 0.15) is 11.6 Å². The molecule has 0 saturated heterocycles. The molecule has 1 heterocycles. The summed E-state index contributed by atoms with van der Waals surface area (Å²) in [4.78, 5) is 20.9. The van der Waals surface area contributed by atoms with E-state index < -0.39 is 0 Å². The number of methoxy groups -OCH3 is 1. The molecule has 3 aromatic rings. The highest BCUT2D eigenvalue weighted by Crippen LogP contribution is 2.24. The molecule has 0 aliphatic heterocycles. The topological polar surface area (TPSA) is 99.3 Å². The molecule has 0 spiro atoms. The molecule has 164 valence electrons. The zero-order valence-corrected chi connectivity index (χ0v) is 18.0. The first-order valence-electron chi connectivity index (χ1n) is 10.8. The summed E-state index contributed by atoms with van der Waals surface area (Å²) in [6.45, 7) is 2.04. The van der Waals surface area contributed by atoms with Gasteiger partial charge < -0.3 is 25.5 Å². The summed E-state index contributed by atoms with van der Waals surface area (Å²) in [5.41, 5.74) is 4.03. The molecule has 1 fully saturated rings. The Kier molecular flexibility index (Phi) is 6.42. The van der Waals surface area contributed by atoms with Crippen molar-refractivity contribution < 1.29 is 14.6 Å². The second kappa shape index (κ2) is 9.39. The van der Waals surface area contributed by atoms with E-state index in [4.69, 9.17) is 9.72 Å². The minimum atomic E-state index is -0.311. The monoisotopic (exact) mass is 422 g/mol. The van der Waals surface area contributed by atoms with Gasteiger partial charge in [0.05, 0.1) is 30.3 Å². The molecule has 31 heavy (non-hydrogen) atoms. The van der Waals surface area contributed by atoms with Crippen molar-refractivity contribution >= 4 is 17.1 Å². The van der Waals surface area contributed by atoms with Crippen LogP contribution in [0.5, 0.6) is 5.75 Å². The molecule has 1 aromatic heterocycles. The third kappa shape index (κ3) is 5.17. The van der Waals surface area contributed by atoms with E-state index in [1.807, 2.05) is 49.4 Å². The molecule has 0 radical (unpaired) electrons. The number of benzene rings is 2. The Morgan fingerprint density at radius 2 is 2.00 bits per heavy atom. The van der Waals surface area contributed by atoms with Crippen LogP contribution in [0.4, 0.5) is 4.79 Å². The van der Waals surface area contributed by atoms with Crippen molar-refractivity contribution in [3.05, 3.63) is 59.4 Å². The van der Waals surface area contributed by atoms with Crippen molar-refractivity contribution in [2.75, 3.05) is 7.11 Å². The number of aliphatic hydroxyl groups is 1. The number of H-pyrrole nitrogens is 1. The average Bonchev–Trinajstić information content (AvgIpc) is 3.20. The number of aliphatic hydroxyl groups excluding tert-OH is 1. The van der Waals surface area contributed by atoms with Crippen LogP contribution in [0.3, 0.4) is 0 Å². The number of rotatable bonds is 6. The molecule has 1 atom stereocenters. The number of nitrogens with one attached hydrogen (secondary N) is 3. The highest BCUT2D eigenvalue weighted by molar-refractivity contribution is 5.76. The van der Waals surface area contributed by atoms with Gasteiger partial charge in [-0.05, 0) is 68.0 Å².